The van der Waals surface area contributed by atoms with E-state index in [0.29, 0.717) is 5.56 Å². The lowest BCUT2D eigenvalue weighted by Gasteiger charge is -1.96. The van der Waals surface area contributed by atoms with Crippen LogP contribution in [0.15, 0.2) is 30.3 Å². The lowest BCUT2D eigenvalue weighted by molar-refractivity contribution is -0.139. The Hall–Kier alpha value is -1.64. The molecule has 3 heteroatoms. The molecule has 0 N–H and O–H groups in total. The van der Waals surface area contributed by atoms with Crippen molar-refractivity contribution >= 4 is 12.0 Å². The van der Waals surface area contributed by atoms with Crippen LogP contribution in [-0.4, -0.2) is 12.6 Å². The molecule has 0 radical (unpaired) electrons. The Bertz CT molecular complexity index is 345. The van der Waals surface area contributed by atoms with Gasteiger partial charge < -0.3 is 4.74 Å². The third kappa shape index (κ3) is 3.39. The quantitative estimate of drug-likeness (QED) is 0.690. The second kappa shape index (κ2) is 5.17. The van der Waals surface area contributed by atoms with Crippen LogP contribution in [0.25, 0.3) is 6.08 Å². The van der Waals surface area contributed by atoms with Crippen LogP contribution in [-0.2, 0) is 9.53 Å². The van der Waals surface area contributed by atoms with Crippen LogP contribution in [0.5, 0.6) is 0 Å². The van der Waals surface area contributed by atoms with Crippen LogP contribution >= 0.6 is 0 Å². The van der Waals surface area contributed by atoms with Gasteiger partial charge in [-0.25, -0.2) is 4.39 Å². The van der Waals surface area contributed by atoms with Gasteiger partial charge in [0, 0.05) is 12.5 Å². The van der Waals surface area contributed by atoms with Crippen molar-refractivity contribution in [3.05, 3.63) is 41.7 Å². The summed E-state index contributed by atoms with van der Waals surface area (Å²) < 4.78 is 17.7. The fraction of sp³-hybridized carbons (Fsp3) is 0.182. The highest BCUT2D eigenvalue weighted by molar-refractivity contribution is 5.66. The predicted octanol–water partition coefficient (Wildman–Crippen LogP) is 2.40. The van der Waals surface area contributed by atoms with Crippen molar-refractivity contribution in [2.24, 2.45) is 0 Å². The second-order valence-corrected chi connectivity index (χ2v) is 2.73. The summed E-state index contributed by atoms with van der Waals surface area (Å²) in [6.07, 6.45) is 3.18. The predicted molar refractivity (Wildman–Crippen MR) is 52.1 cm³/mol. The van der Waals surface area contributed by atoms with Crippen LogP contribution in [0.2, 0.25) is 0 Å². The smallest absolute Gasteiger partial charge is 0.302 e. The van der Waals surface area contributed by atoms with Gasteiger partial charge in [0.25, 0.3) is 0 Å². The normalized spacial score (nSPS) is 10.4. The number of carbonyl (C=O) groups excluding carboxylic acids is 1. The van der Waals surface area contributed by atoms with Crippen molar-refractivity contribution in [2.75, 3.05) is 6.61 Å². The molecule has 0 aliphatic heterocycles. The number of carbonyl (C=O) groups is 1. The molecule has 2 nitrogen and oxygen atoms in total. The third-order valence-corrected chi connectivity index (χ3v) is 1.59. The molecular weight excluding hydrogens is 183 g/mol. The topological polar surface area (TPSA) is 26.3 Å². The fourth-order valence-electron chi connectivity index (χ4n) is 0.951. The minimum atomic E-state index is -0.344. The van der Waals surface area contributed by atoms with Crippen molar-refractivity contribution in [1.82, 2.24) is 0 Å². The fourth-order valence-corrected chi connectivity index (χ4v) is 0.951. The number of esters is 1. The molecule has 1 aromatic rings. The summed E-state index contributed by atoms with van der Waals surface area (Å²) in [5.41, 5.74) is 0.486. The number of hydrogen-bond donors (Lipinski definition) is 0. The molecule has 0 spiro atoms. The Morgan fingerprint density at radius 3 is 2.86 bits per heavy atom. The summed E-state index contributed by atoms with van der Waals surface area (Å²) >= 11 is 0. The van der Waals surface area contributed by atoms with Gasteiger partial charge in [0.15, 0.2) is 0 Å². The molecule has 0 saturated heterocycles. The van der Waals surface area contributed by atoms with Gasteiger partial charge in [0.1, 0.15) is 12.4 Å². The molecule has 0 saturated carbocycles. The van der Waals surface area contributed by atoms with E-state index in [-0.39, 0.29) is 18.4 Å². The first-order chi connectivity index (χ1) is 6.70. The first-order valence-electron chi connectivity index (χ1n) is 4.24. The van der Waals surface area contributed by atoms with Crippen LogP contribution in [0.4, 0.5) is 4.39 Å². The standard InChI is InChI=1S/C11H11FO2/c1-9(13)14-8-4-6-10-5-2-3-7-11(10)12/h2-7H,8H2,1H3/b6-4+. The maximum Gasteiger partial charge on any atom is 0.302 e. The molecule has 0 unspecified atom stereocenters. The Labute approximate surface area is 82.0 Å². The highest BCUT2D eigenvalue weighted by Crippen LogP contribution is 2.07. The Kier molecular flexibility index (Phi) is 3.85. The summed E-state index contributed by atoms with van der Waals surface area (Å²) in [4.78, 5) is 10.4. The van der Waals surface area contributed by atoms with E-state index in [1.54, 1.807) is 30.4 Å². The Morgan fingerprint density at radius 1 is 1.50 bits per heavy atom. The first kappa shape index (κ1) is 10.4. The second-order valence-electron chi connectivity index (χ2n) is 2.73. The molecule has 1 aromatic carbocycles. The van der Waals surface area contributed by atoms with Crippen molar-refractivity contribution in [3.8, 4) is 0 Å². The largest absolute Gasteiger partial charge is 0.462 e. The number of benzene rings is 1. The van der Waals surface area contributed by atoms with E-state index in [1.165, 1.54) is 13.0 Å². The van der Waals surface area contributed by atoms with E-state index >= 15 is 0 Å². The van der Waals surface area contributed by atoms with Gasteiger partial charge in [-0.1, -0.05) is 24.3 Å². The van der Waals surface area contributed by atoms with Crippen molar-refractivity contribution in [3.63, 3.8) is 0 Å². The van der Waals surface area contributed by atoms with Crippen LogP contribution < -0.4 is 0 Å². The van der Waals surface area contributed by atoms with Gasteiger partial charge in [-0.15, -0.1) is 0 Å². The summed E-state index contributed by atoms with van der Waals surface area (Å²) in [5.74, 6) is -0.630. The molecule has 0 aliphatic rings. The monoisotopic (exact) mass is 194 g/mol. The van der Waals surface area contributed by atoms with Gasteiger partial charge in [0.05, 0.1) is 0 Å². The summed E-state index contributed by atoms with van der Waals surface area (Å²) in [6.45, 7) is 1.50. The lowest BCUT2D eigenvalue weighted by atomic mass is 10.2. The molecule has 0 aliphatic carbocycles. The highest BCUT2D eigenvalue weighted by Gasteiger charge is 1.94. The first-order valence-corrected chi connectivity index (χ1v) is 4.24. The van der Waals surface area contributed by atoms with E-state index in [1.807, 2.05) is 0 Å². The molecule has 14 heavy (non-hydrogen) atoms. The molecule has 0 aromatic heterocycles. The van der Waals surface area contributed by atoms with Gasteiger partial charge in [-0.2, -0.15) is 0 Å². The Balaban J connectivity index is 2.52. The van der Waals surface area contributed by atoms with E-state index in [2.05, 4.69) is 4.74 Å². The average Bonchev–Trinajstić information content (AvgIpc) is 2.15. The zero-order chi connectivity index (χ0) is 10.4. The van der Waals surface area contributed by atoms with Gasteiger partial charge in [0.2, 0.25) is 0 Å². The van der Waals surface area contributed by atoms with Crippen molar-refractivity contribution < 1.29 is 13.9 Å². The molecule has 0 atom stereocenters. The Morgan fingerprint density at radius 2 is 2.21 bits per heavy atom. The number of hydrogen-bond acceptors (Lipinski definition) is 2. The number of rotatable bonds is 3. The number of ether oxygens (including phenoxy) is 1. The summed E-state index contributed by atoms with van der Waals surface area (Å²) in [6, 6.07) is 6.40. The van der Waals surface area contributed by atoms with E-state index in [0.717, 1.165) is 0 Å². The van der Waals surface area contributed by atoms with Crippen LogP contribution in [0.3, 0.4) is 0 Å². The van der Waals surface area contributed by atoms with Gasteiger partial charge in [-0.05, 0) is 12.1 Å². The van der Waals surface area contributed by atoms with Crippen LogP contribution in [0.1, 0.15) is 12.5 Å². The van der Waals surface area contributed by atoms with Crippen molar-refractivity contribution in [1.29, 1.82) is 0 Å². The van der Waals surface area contributed by atoms with Gasteiger partial charge >= 0.3 is 5.97 Å². The molecule has 0 amide bonds. The summed E-state index contributed by atoms with van der Waals surface area (Å²) in [5, 5.41) is 0. The maximum atomic E-state index is 13.0. The highest BCUT2D eigenvalue weighted by atomic mass is 19.1. The zero-order valence-electron chi connectivity index (χ0n) is 7.87. The van der Waals surface area contributed by atoms with E-state index in [9.17, 15) is 9.18 Å². The molecule has 0 heterocycles. The molecule has 1 rings (SSSR count). The minimum Gasteiger partial charge on any atom is -0.462 e. The minimum absolute atomic E-state index is 0.170. The molecule has 0 fully saturated rings. The van der Waals surface area contributed by atoms with Gasteiger partial charge in [-0.3, -0.25) is 4.79 Å². The van der Waals surface area contributed by atoms with E-state index < -0.39 is 0 Å². The molecule has 0 bridgehead atoms. The zero-order valence-corrected chi connectivity index (χ0v) is 7.87. The maximum absolute atomic E-state index is 13.0. The molecule has 74 valence electrons. The van der Waals surface area contributed by atoms with Crippen molar-refractivity contribution in [2.45, 2.75) is 6.92 Å². The molecular formula is C11H11FO2. The third-order valence-electron chi connectivity index (χ3n) is 1.59. The SMILES string of the molecule is CC(=O)OC/C=C/c1ccccc1F. The summed E-state index contributed by atoms with van der Waals surface area (Å²) in [7, 11) is 0. The average molecular weight is 194 g/mol. The van der Waals surface area contributed by atoms with Crippen LogP contribution in [0, 0.1) is 5.82 Å². The lowest BCUT2D eigenvalue weighted by Crippen LogP contribution is -1.97. The number of halogens is 1. The van der Waals surface area contributed by atoms with E-state index in [4.69, 9.17) is 0 Å².